The van der Waals surface area contributed by atoms with Crippen LogP contribution in [0.3, 0.4) is 0 Å². The number of phenolic OH excluding ortho intramolecular Hbond substituents is 2. The maximum atomic E-state index is 13.8. The van der Waals surface area contributed by atoms with E-state index in [-0.39, 0.29) is 36.2 Å². The summed E-state index contributed by atoms with van der Waals surface area (Å²) in [6.07, 6.45) is -2.66. The van der Waals surface area contributed by atoms with Gasteiger partial charge in [-0.1, -0.05) is 24.3 Å². The molecule has 3 atom stereocenters. The van der Waals surface area contributed by atoms with Crippen molar-refractivity contribution in [2.45, 2.75) is 51.0 Å². The number of alkyl halides is 3. The molecule has 3 amide bonds. The Hall–Kier alpha value is -5.16. The van der Waals surface area contributed by atoms with E-state index < -0.39 is 42.1 Å². The number of carbonyl (C=O) groups is 4. The molecular weight excluding hydrogens is 643 g/mol. The minimum Gasteiger partial charge on any atom is -0.542 e. The van der Waals surface area contributed by atoms with Crippen molar-refractivity contribution < 1.29 is 61.3 Å². The molecule has 1 aliphatic rings. The largest absolute Gasteiger partial charge is 0.542 e. The Morgan fingerprint density at radius 1 is 1.15 bits per heavy atom. The molecule has 1 aromatic heterocycles. The van der Waals surface area contributed by atoms with Gasteiger partial charge in [0, 0.05) is 5.56 Å². The molecule has 0 radical (unpaired) electrons. The van der Waals surface area contributed by atoms with Crippen LogP contribution < -0.4 is 16.2 Å². The summed E-state index contributed by atoms with van der Waals surface area (Å²) in [5, 5.41) is 30.8. The van der Waals surface area contributed by atoms with Crippen LogP contribution in [0.15, 0.2) is 59.2 Å². The van der Waals surface area contributed by atoms with Crippen LogP contribution in [0, 0.1) is 0 Å². The van der Waals surface area contributed by atoms with Crippen LogP contribution in [0.5, 0.6) is 11.5 Å². The first kappa shape index (κ1) is 37.3. The van der Waals surface area contributed by atoms with Gasteiger partial charge in [-0.15, -0.1) is 0 Å². The van der Waals surface area contributed by atoms with E-state index in [1.165, 1.54) is 12.1 Å². The number of nitrogens with one attached hydrogen (secondary N) is 1. The summed E-state index contributed by atoms with van der Waals surface area (Å²) in [6.45, 7) is 3.67. The molecule has 1 aliphatic heterocycles. The van der Waals surface area contributed by atoms with E-state index in [1.54, 1.807) is 37.3 Å². The van der Waals surface area contributed by atoms with Crippen LogP contribution in [0.25, 0.3) is 0 Å². The van der Waals surface area contributed by atoms with Crippen LogP contribution in [0.1, 0.15) is 41.4 Å². The number of anilines is 1. The van der Waals surface area contributed by atoms with Gasteiger partial charge < -0.3 is 39.5 Å². The molecule has 48 heavy (non-hydrogen) atoms. The number of phenols is 2. The van der Waals surface area contributed by atoms with Crippen molar-refractivity contribution in [3.05, 3.63) is 71.6 Å². The summed E-state index contributed by atoms with van der Waals surface area (Å²) < 4.78 is 42.2. The SMILES string of the molecule is CCOC(=O)c1coc(NC(=O)N(C(=O)[C@@H](N)Cc2ccc(O)cc2)[C@H]2CCC[N+](C)(Cc3cccc(O)c3)C2)n1.O=C([O-])C(F)(F)F. The fraction of sp³-hybridized carbons (Fsp3) is 0.387. The molecule has 1 fully saturated rings. The number of nitrogens with zero attached hydrogens (tertiary/aromatic N) is 3. The zero-order chi connectivity index (χ0) is 35.6. The maximum absolute atomic E-state index is 13.8. The smallest absolute Gasteiger partial charge is 0.430 e. The summed E-state index contributed by atoms with van der Waals surface area (Å²) in [6, 6.07) is 10.8. The number of rotatable bonds is 9. The van der Waals surface area contributed by atoms with E-state index in [2.05, 4.69) is 10.3 Å². The number of nitrogens with two attached hydrogens (primary N) is 1. The molecule has 0 saturated carbocycles. The number of imide groups is 1. The fourth-order valence-electron chi connectivity index (χ4n) is 5.23. The number of ether oxygens (including phenoxy) is 1. The number of piperidine rings is 1. The minimum atomic E-state index is -5.19. The van der Waals surface area contributed by atoms with E-state index in [9.17, 15) is 37.8 Å². The predicted molar refractivity (Wildman–Crippen MR) is 160 cm³/mol. The van der Waals surface area contributed by atoms with E-state index in [0.29, 0.717) is 24.0 Å². The highest BCUT2D eigenvalue weighted by molar-refractivity contribution is 6.02. The number of halogens is 3. The molecule has 0 spiro atoms. The first-order chi connectivity index (χ1) is 22.5. The number of hydrogen-bond donors (Lipinski definition) is 4. The number of carbonyl (C=O) groups excluding carboxylic acids is 4. The number of aromatic hydroxyl groups is 2. The normalized spacial score (nSPS) is 18.1. The number of carboxylic acids is 1. The summed E-state index contributed by atoms with van der Waals surface area (Å²) >= 11 is 0. The Labute approximate surface area is 273 Å². The van der Waals surface area contributed by atoms with Crippen molar-refractivity contribution in [3.63, 3.8) is 0 Å². The van der Waals surface area contributed by atoms with Gasteiger partial charge in [-0.3, -0.25) is 15.0 Å². The topological polar surface area (TPSA) is 208 Å². The number of aromatic nitrogens is 1. The second-order valence-corrected chi connectivity index (χ2v) is 11.3. The molecule has 2 aromatic carbocycles. The van der Waals surface area contributed by atoms with Crippen molar-refractivity contribution in [2.24, 2.45) is 5.73 Å². The molecule has 4 rings (SSSR count). The summed E-state index contributed by atoms with van der Waals surface area (Å²) in [5.74, 6) is -4.02. The van der Waals surface area contributed by atoms with Gasteiger partial charge in [0.15, 0.2) is 5.69 Å². The van der Waals surface area contributed by atoms with Crippen molar-refractivity contribution in [1.29, 1.82) is 0 Å². The molecule has 1 saturated heterocycles. The number of likely N-dealkylation sites (tertiary alicyclic amines) is 1. The summed E-state index contributed by atoms with van der Waals surface area (Å²) in [7, 11) is 2.05. The highest BCUT2D eigenvalue weighted by Crippen LogP contribution is 2.26. The van der Waals surface area contributed by atoms with E-state index in [1.807, 2.05) is 13.1 Å². The number of likely N-dealkylation sites (N-methyl/N-ethyl adjacent to an activating group) is 1. The van der Waals surface area contributed by atoms with Crippen molar-refractivity contribution in [2.75, 3.05) is 32.1 Å². The fourth-order valence-corrected chi connectivity index (χ4v) is 5.23. The molecule has 5 N–H and O–H groups in total. The number of aliphatic carboxylic acids is 1. The molecule has 3 aromatic rings. The van der Waals surface area contributed by atoms with Gasteiger partial charge in [-0.25, -0.2) is 9.59 Å². The number of carboxylic acid groups (broad SMARTS) is 1. The molecule has 260 valence electrons. The van der Waals surface area contributed by atoms with Crippen molar-refractivity contribution >= 4 is 29.9 Å². The van der Waals surface area contributed by atoms with Gasteiger partial charge in [-0.05, 0) is 56.0 Å². The standard InChI is InChI=1S/C29H35N5O7.C2HF3O2/c1-3-40-27(38)25-18-41-28(31-25)32-29(39)33(26(37)24(30)15-19-9-11-22(35)12-10-19)21-7-5-13-34(2,17-21)16-20-6-4-8-23(36)14-20;3-2(4,5)1(6)7/h4,6,8-12,14,18,21,24H,3,5,7,13,15-17,30H2,1-2H3,(H2-,31,32,35,36,39);(H,6,7)/t21-,24-,34?;/m0./s1. The third-order valence-corrected chi connectivity index (χ3v) is 7.33. The zero-order valence-corrected chi connectivity index (χ0v) is 26.1. The molecule has 0 bridgehead atoms. The van der Waals surface area contributed by atoms with Gasteiger partial charge in [-0.2, -0.15) is 18.2 Å². The van der Waals surface area contributed by atoms with E-state index in [4.69, 9.17) is 24.8 Å². The summed E-state index contributed by atoms with van der Waals surface area (Å²) in [4.78, 5) is 53.3. The lowest BCUT2D eigenvalue weighted by Crippen LogP contribution is -2.62. The van der Waals surface area contributed by atoms with Crippen LogP contribution in [0.2, 0.25) is 0 Å². The van der Waals surface area contributed by atoms with Crippen molar-refractivity contribution in [1.82, 2.24) is 9.88 Å². The van der Waals surface area contributed by atoms with Crippen LogP contribution >= 0.6 is 0 Å². The zero-order valence-electron chi connectivity index (χ0n) is 26.1. The maximum Gasteiger partial charge on any atom is 0.430 e. The van der Waals surface area contributed by atoms with Gasteiger partial charge in [0.05, 0.1) is 32.3 Å². The molecule has 0 aliphatic carbocycles. The number of oxazole rings is 1. The first-order valence-corrected chi connectivity index (χ1v) is 14.7. The third-order valence-electron chi connectivity index (χ3n) is 7.33. The molecule has 14 nitrogen and oxygen atoms in total. The number of urea groups is 1. The second-order valence-electron chi connectivity index (χ2n) is 11.3. The second kappa shape index (κ2) is 16.1. The van der Waals surface area contributed by atoms with Crippen LogP contribution in [0.4, 0.5) is 24.0 Å². The van der Waals surface area contributed by atoms with Crippen molar-refractivity contribution in [3.8, 4) is 11.5 Å². The van der Waals surface area contributed by atoms with Gasteiger partial charge in [0.25, 0.3) is 0 Å². The lowest BCUT2D eigenvalue weighted by molar-refractivity contribution is -0.928. The quantitative estimate of drug-likeness (QED) is 0.191. The van der Waals surface area contributed by atoms with Gasteiger partial charge >= 0.3 is 24.2 Å². The Balaban J connectivity index is 0.000000804. The monoisotopic (exact) mass is 679 g/mol. The number of amides is 3. The molecular formula is C31H36F3N5O9. The number of benzene rings is 2. The number of hydrogen-bond acceptors (Lipinski definition) is 11. The lowest BCUT2D eigenvalue weighted by Gasteiger charge is -2.44. The Bertz CT molecular complexity index is 1580. The predicted octanol–water partition coefficient (Wildman–Crippen LogP) is 2.30. The van der Waals surface area contributed by atoms with Gasteiger partial charge in [0.2, 0.25) is 5.91 Å². The lowest BCUT2D eigenvalue weighted by atomic mass is 9.98. The van der Waals surface area contributed by atoms with E-state index >= 15 is 0 Å². The molecule has 17 heteroatoms. The summed E-state index contributed by atoms with van der Waals surface area (Å²) in [5.41, 5.74) is 7.89. The third kappa shape index (κ3) is 10.7. The Morgan fingerprint density at radius 2 is 1.81 bits per heavy atom. The highest BCUT2D eigenvalue weighted by atomic mass is 19.4. The number of quaternary nitrogens is 1. The molecule has 1 unspecified atom stereocenters. The van der Waals surface area contributed by atoms with E-state index in [0.717, 1.165) is 35.3 Å². The van der Waals surface area contributed by atoms with Crippen LogP contribution in [-0.4, -0.2) is 93.5 Å². The average Bonchev–Trinajstić information content (AvgIpc) is 3.47. The Kier molecular flexibility index (Phi) is 12.5. The Morgan fingerprint density at radius 3 is 2.42 bits per heavy atom. The average molecular weight is 680 g/mol. The van der Waals surface area contributed by atoms with Gasteiger partial charge in [0.1, 0.15) is 36.8 Å². The molecule has 2 heterocycles. The van der Waals surface area contributed by atoms with Crippen LogP contribution in [-0.2, 0) is 27.3 Å². The number of esters is 1. The minimum absolute atomic E-state index is 0.0915. The highest BCUT2D eigenvalue weighted by Gasteiger charge is 2.41. The first-order valence-electron chi connectivity index (χ1n) is 14.7.